The molecule has 0 aliphatic carbocycles. The third kappa shape index (κ3) is 3.84. The summed E-state index contributed by atoms with van der Waals surface area (Å²) in [6.45, 7) is 5.81. The highest BCUT2D eigenvalue weighted by atomic mass is 32.1. The summed E-state index contributed by atoms with van der Waals surface area (Å²) < 4.78 is 0. The van der Waals surface area contributed by atoms with Crippen LogP contribution in [0, 0.1) is 13.8 Å². The van der Waals surface area contributed by atoms with Crippen LogP contribution in [-0.4, -0.2) is 15.2 Å². The normalized spacial score (nSPS) is 11.0. The molecule has 4 nitrogen and oxygen atoms in total. The molecule has 0 radical (unpaired) electrons. The lowest BCUT2D eigenvalue weighted by molar-refractivity contribution is 0.702. The van der Waals surface area contributed by atoms with Gasteiger partial charge in [-0.2, -0.15) is 5.10 Å². The third-order valence-corrected chi connectivity index (χ3v) is 5.64. The predicted molar refractivity (Wildman–Crippen MR) is 112 cm³/mol. The number of aromatic amines is 1. The largest absolute Gasteiger partial charge is 0.308 e. The number of hydrogen-bond acceptors (Lipinski definition) is 4. The zero-order valence-electron chi connectivity index (χ0n) is 15.5. The molecule has 0 unspecified atom stereocenters. The average molecular weight is 375 g/mol. The van der Waals surface area contributed by atoms with Crippen LogP contribution in [0.15, 0.2) is 60.2 Å². The van der Waals surface area contributed by atoms with Gasteiger partial charge < -0.3 is 5.32 Å². The number of benzene rings is 2. The Bertz CT molecular complexity index is 1030. The van der Waals surface area contributed by atoms with Crippen molar-refractivity contribution >= 4 is 11.3 Å². The van der Waals surface area contributed by atoms with E-state index in [0.29, 0.717) is 0 Å². The van der Waals surface area contributed by atoms with Crippen LogP contribution in [0.1, 0.15) is 21.6 Å². The zero-order valence-corrected chi connectivity index (χ0v) is 16.3. The van der Waals surface area contributed by atoms with Crippen LogP contribution >= 0.6 is 11.3 Å². The maximum absolute atomic E-state index is 4.55. The van der Waals surface area contributed by atoms with E-state index < -0.39 is 0 Å². The van der Waals surface area contributed by atoms with Gasteiger partial charge in [0.15, 0.2) is 0 Å². The van der Waals surface area contributed by atoms with Crippen molar-refractivity contribution < 1.29 is 0 Å². The summed E-state index contributed by atoms with van der Waals surface area (Å²) >= 11 is 1.69. The van der Waals surface area contributed by atoms with E-state index in [1.165, 1.54) is 27.1 Å². The number of rotatable bonds is 6. The molecule has 4 rings (SSSR count). The fourth-order valence-electron chi connectivity index (χ4n) is 3.13. The first-order chi connectivity index (χ1) is 13.2. The van der Waals surface area contributed by atoms with E-state index in [1.807, 2.05) is 29.9 Å². The predicted octanol–water partition coefficient (Wildman–Crippen LogP) is 5.11. The van der Waals surface area contributed by atoms with Gasteiger partial charge in [0.05, 0.1) is 23.1 Å². The number of aromatic nitrogens is 3. The highest BCUT2D eigenvalue weighted by molar-refractivity contribution is 7.10. The monoisotopic (exact) mass is 374 g/mol. The molecule has 5 heteroatoms. The standard InChI is InChI=1S/C22H22N4S/c1-15-8-9-18(10-16(15)2)21-19(12-25-26-21)11-23-13-20-22(24-14-27-20)17-6-4-3-5-7-17/h3-10,12,14,23H,11,13H2,1-2H3,(H,25,26). The molecule has 0 bridgehead atoms. The molecule has 0 fully saturated rings. The van der Waals surface area contributed by atoms with Crippen molar-refractivity contribution in [1.82, 2.24) is 20.5 Å². The minimum absolute atomic E-state index is 0.755. The first-order valence-corrected chi connectivity index (χ1v) is 9.88. The molecule has 2 aromatic heterocycles. The molecule has 0 aliphatic heterocycles. The zero-order chi connectivity index (χ0) is 18.6. The fourth-order valence-corrected chi connectivity index (χ4v) is 3.88. The van der Waals surface area contributed by atoms with Gasteiger partial charge in [0.1, 0.15) is 0 Å². The molecule has 136 valence electrons. The molecule has 4 aromatic rings. The average Bonchev–Trinajstić information content (AvgIpc) is 3.34. The molecule has 0 spiro atoms. The highest BCUT2D eigenvalue weighted by Gasteiger charge is 2.11. The molecule has 0 atom stereocenters. The second kappa shape index (κ2) is 7.86. The van der Waals surface area contributed by atoms with Gasteiger partial charge in [-0.1, -0.05) is 42.5 Å². The molecule has 0 saturated carbocycles. The Morgan fingerprint density at radius 1 is 0.963 bits per heavy atom. The van der Waals surface area contributed by atoms with E-state index >= 15 is 0 Å². The van der Waals surface area contributed by atoms with Crippen molar-refractivity contribution in [2.75, 3.05) is 0 Å². The number of hydrogen-bond donors (Lipinski definition) is 2. The maximum Gasteiger partial charge on any atom is 0.0856 e. The van der Waals surface area contributed by atoms with Crippen LogP contribution in [0.3, 0.4) is 0 Å². The topological polar surface area (TPSA) is 53.6 Å². The van der Waals surface area contributed by atoms with Crippen LogP contribution in [-0.2, 0) is 13.1 Å². The van der Waals surface area contributed by atoms with Gasteiger partial charge >= 0.3 is 0 Å². The van der Waals surface area contributed by atoms with Gasteiger partial charge in [-0.25, -0.2) is 4.98 Å². The van der Waals surface area contributed by atoms with Crippen LogP contribution in [0.4, 0.5) is 0 Å². The van der Waals surface area contributed by atoms with Gasteiger partial charge in [-0.15, -0.1) is 11.3 Å². The first kappa shape index (κ1) is 17.6. The quantitative estimate of drug-likeness (QED) is 0.493. The lowest BCUT2D eigenvalue weighted by Crippen LogP contribution is -2.12. The number of nitrogens with zero attached hydrogens (tertiary/aromatic N) is 2. The van der Waals surface area contributed by atoms with Crippen molar-refractivity contribution in [3.63, 3.8) is 0 Å². The summed E-state index contributed by atoms with van der Waals surface area (Å²) in [5.74, 6) is 0. The molecule has 27 heavy (non-hydrogen) atoms. The highest BCUT2D eigenvalue weighted by Crippen LogP contribution is 2.26. The summed E-state index contributed by atoms with van der Waals surface area (Å²) in [6.07, 6.45) is 1.91. The Morgan fingerprint density at radius 3 is 2.63 bits per heavy atom. The van der Waals surface area contributed by atoms with E-state index in [1.54, 1.807) is 11.3 Å². The van der Waals surface area contributed by atoms with E-state index in [0.717, 1.165) is 30.0 Å². The minimum Gasteiger partial charge on any atom is -0.308 e. The second-order valence-electron chi connectivity index (χ2n) is 6.66. The van der Waals surface area contributed by atoms with Crippen LogP contribution in [0.2, 0.25) is 0 Å². The van der Waals surface area contributed by atoms with Crippen molar-refractivity contribution in [2.24, 2.45) is 0 Å². The molecule has 0 saturated heterocycles. The first-order valence-electron chi connectivity index (χ1n) is 9.01. The van der Waals surface area contributed by atoms with Crippen LogP contribution < -0.4 is 5.32 Å². The molecule has 2 N–H and O–H groups in total. The smallest absolute Gasteiger partial charge is 0.0856 e. The van der Waals surface area contributed by atoms with Crippen molar-refractivity contribution in [1.29, 1.82) is 0 Å². The molecular formula is C22H22N4S. The Kier molecular flexibility index (Phi) is 5.14. The van der Waals surface area contributed by atoms with Crippen molar-refractivity contribution in [3.8, 4) is 22.5 Å². The van der Waals surface area contributed by atoms with Gasteiger partial charge in [0.25, 0.3) is 0 Å². The Hall–Kier alpha value is -2.76. The molecule has 0 amide bonds. The van der Waals surface area contributed by atoms with E-state index in [9.17, 15) is 0 Å². The van der Waals surface area contributed by atoms with Crippen molar-refractivity contribution in [3.05, 3.63) is 81.8 Å². The van der Waals surface area contributed by atoms with Gasteiger partial charge in [-0.05, 0) is 31.0 Å². The molecular weight excluding hydrogens is 352 g/mol. The number of thiazole rings is 1. The molecule has 2 heterocycles. The summed E-state index contributed by atoms with van der Waals surface area (Å²) in [7, 11) is 0. The SMILES string of the molecule is Cc1ccc(-c2[nH]ncc2CNCc2scnc2-c2ccccc2)cc1C. The Morgan fingerprint density at radius 2 is 1.81 bits per heavy atom. The molecule has 2 aromatic carbocycles. The summed E-state index contributed by atoms with van der Waals surface area (Å²) in [5.41, 5.74) is 10.2. The molecule has 0 aliphatic rings. The lowest BCUT2D eigenvalue weighted by atomic mass is 10.0. The van der Waals surface area contributed by atoms with Gasteiger partial charge in [0, 0.05) is 34.7 Å². The summed E-state index contributed by atoms with van der Waals surface area (Å²) in [6, 6.07) is 16.9. The minimum atomic E-state index is 0.755. The van der Waals surface area contributed by atoms with Crippen LogP contribution in [0.5, 0.6) is 0 Å². The Balaban J connectivity index is 1.46. The van der Waals surface area contributed by atoms with Gasteiger partial charge in [0.2, 0.25) is 0 Å². The van der Waals surface area contributed by atoms with Crippen LogP contribution in [0.25, 0.3) is 22.5 Å². The third-order valence-electron chi connectivity index (χ3n) is 4.80. The summed E-state index contributed by atoms with van der Waals surface area (Å²) in [5, 5.41) is 11.0. The number of H-pyrrole nitrogens is 1. The number of nitrogens with one attached hydrogen (secondary N) is 2. The van der Waals surface area contributed by atoms with E-state index in [4.69, 9.17) is 0 Å². The fraction of sp³-hybridized carbons (Fsp3) is 0.182. The maximum atomic E-state index is 4.55. The Labute approximate surface area is 163 Å². The second-order valence-corrected chi connectivity index (χ2v) is 7.60. The number of aryl methyl sites for hydroxylation is 2. The van der Waals surface area contributed by atoms with Crippen molar-refractivity contribution in [2.45, 2.75) is 26.9 Å². The van der Waals surface area contributed by atoms with E-state index in [-0.39, 0.29) is 0 Å². The lowest BCUT2D eigenvalue weighted by Gasteiger charge is -2.08. The summed E-state index contributed by atoms with van der Waals surface area (Å²) in [4.78, 5) is 5.79. The van der Waals surface area contributed by atoms with Gasteiger partial charge in [-0.3, -0.25) is 5.10 Å². The van der Waals surface area contributed by atoms with E-state index in [2.05, 4.69) is 64.7 Å².